The van der Waals surface area contributed by atoms with Crippen molar-refractivity contribution < 1.29 is 9.22 Å². The van der Waals surface area contributed by atoms with Gasteiger partial charge < -0.3 is 4.43 Å². The van der Waals surface area contributed by atoms with Gasteiger partial charge in [-0.05, 0) is 77.5 Å². The summed E-state index contributed by atoms with van der Waals surface area (Å²) in [5.74, 6) is 0.850. The van der Waals surface area contributed by atoms with E-state index in [9.17, 15) is 10.1 Å². The van der Waals surface area contributed by atoms with E-state index < -0.39 is 8.32 Å². The molecule has 1 amide bonds. The normalized spacial score (nSPS) is 15.8. The van der Waals surface area contributed by atoms with Crippen LogP contribution in [0.2, 0.25) is 19.6 Å². The molecule has 0 saturated heterocycles. The SMILES string of the molecule is CC(C)(C)c1cc(/C=C2\Sc3ccccc3N(CC#N)C2=O)cc(C(C)(C)C)c1O[Si](C)(C)C. The molecule has 1 aliphatic heterocycles. The first-order valence-electron chi connectivity index (χ1n) is 11.7. The van der Waals surface area contributed by atoms with Crippen molar-refractivity contribution in [2.45, 2.75) is 76.9 Å². The Balaban J connectivity index is 2.22. The zero-order chi connectivity index (χ0) is 25.5. The first-order chi connectivity index (χ1) is 15.6. The average Bonchev–Trinajstić information content (AvgIpc) is 2.69. The highest BCUT2D eigenvalue weighted by Gasteiger charge is 2.32. The molecule has 1 aliphatic rings. The fourth-order valence-electron chi connectivity index (χ4n) is 3.91. The van der Waals surface area contributed by atoms with Crippen LogP contribution in [0.15, 0.2) is 46.2 Å². The van der Waals surface area contributed by atoms with Gasteiger partial charge in [-0.1, -0.05) is 65.4 Å². The van der Waals surface area contributed by atoms with Gasteiger partial charge in [-0.15, -0.1) is 0 Å². The van der Waals surface area contributed by atoms with Gasteiger partial charge in [0.2, 0.25) is 8.32 Å². The lowest BCUT2D eigenvalue weighted by Crippen LogP contribution is -2.34. The van der Waals surface area contributed by atoms with E-state index in [0.29, 0.717) is 4.91 Å². The molecule has 0 aliphatic carbocycles. The number of nitriles is 1. The molecule has 6 heteroatoms. The molecule has 1 heterocycles. The van der Waals surface area contributed by atoms with E-state index >= 15 is 0 Å². The molecule has 4 nitrogen and oxygen atoms in total. The molecule has 2 aromatic carbocycles. The maximum absolute atomic E-state index is 13.4. The molecule has 0 fully saturated rings. The van der Waals surface area contributed by atoms with Gasteiger partial charge in [0.15, 0.2) is 0 Å². The van der Waals surface area contributed by atoms with Gasteiger partial charge in [0, 0.05) is 4.90 Å². The predicted molar refractivity (Wildman–Crippen MR) is 146 cm³/mol. The maximum Gasteiger partial charge on any atom is 0.266 e. The third kappa shape index (κ3) is 5.76. The third-order valence-electron chi connectivity index (χ3n) is 5.49. The maximum atomic E-state index is 13.4. The van der Waals surface area contributed by atoms with Gasteiger partial charge >= 0.3 is 0 Å². The summed E-state index contributed by atoms with van der Waals surface area (Å²) in [4.78, 5) is 16.5. The topological polar surface area (TPSA) is 53.3 Å². The van der Waals surface area contributed by atoms with Crippen LogP contribution in [0.25, 0.3) is 6.08 Å². The van der Waals surface area contributed by atoms with Crippen molar-refractivity contribution in [1.29, 1.82) is 5.26 Å². The number of carbonyl (C=O) groups is 1. The van der Waals surface area contributed by atoms with Gasteiger partial charge in [0.05, 0.1) is 16.7 Å². The van der Waals surface area contributed by atoms with Crippen molar-refractivity contribution in [3.63, 3.8) is 0 Å². The summed E-state index contributed by atoms with van der Waals surface area (Å²) in [6, 6.07) is 14.2. The molecule has 0 aromatic heterocycles. The first-order valence-corrected chi connectivity index (χ1v) is 15.9. The number of para-hydroxylation sites is 1. The van der Waals surface area contributed by atoms with Crippen molar-refractivity contribution in [3.8, 4) is 11.8 Å². The van der Waals surface area contributed by atoms with Crippen molar-refractivity contribution >= 4 is 37.7 Å². The summed E-state index contributed by atoms with van der Waals surface area (Å²) in [7, 11) is -1.86. The molecule has 3 rings (SSSR count). The predicted octanol–water partition coefficient (Wildman–Crippen LogP) is 7.50. The Hall–Kier alpha value is -2.49. The van der Waals surface area contributed by atoms with Crippen molar-refractivity contribution in [3.05, 3.63) is 58.0 Å². The molecule has 0 radical (unpaired) electrons. The van der Waals surface area contributed by atoms with E-state index in [2.05, 4.69) is 79.4 Å². The molecule has 34 heavy (non-hydrogen) atoms. The lowest BCUT2D eigenvalue weighted by atomic mass is 9.78. The Morgan fingerprint density at radius 2 is 1.59 bits per heavy atom. The second-order valence-corrected chi connectivity index (χ2v) is 17.3. The van der Waals surface area contributed by atoms with E-state index in [1.54, 1.807) is 4.90 Å². The largest absolute Gasteiger partial charge is 0.544 e. The molecular weight excluding hydrogens is 456 g/mol. The van der Waals surface area contributed by atoms with E-state index in [1.165, 1.54) is 11.8 Å². The Bertz CT molecular complexity index is 1140. The van der Waals surface area contributed by atoms with E-state index in [-0.39, 0.29) is 23.3 Å². The first kappa shape index (κ1) is 26.1. The van der Waals surface area contributed by atoms with Crippen LogP contribution in [-0.4, -0.2) is 20.8 Å². The van der Waals surface area contributed by atoms with E-state index in [4.69, 9.17) is 4.43 Å². The van der Waals surface area contributed by atoms with Crippen LogP contribution in [0.4, 0.5) is 5.69 Å². The Morgan fingerprint density at radius 3 is 2.09 bits per heavy atom. The summed E-state index contributed by atoms with van der Waals surface area (Å²) >= 11 is 1.47. The van der Waals surface area contributed by atoms with Crippen molar-refractivity contribution in [2.75, 3.05) is 11.4 Å². The minimum absolute atomic E-state index is 0.0250. The number of fused-ring (bicyclic) bond motifs is 1. The number of rotatable bonds is 4. The van der Waals surface area contributed by atoms with Crippen molar-refractivity contribution in [2.24, 2.45) is 0 Å². The molecule has 0 saturated carbocycles. The molecule has 180 valence electrons. The smallest absolute Gasteiger partial charge is 0.266 e. The number of thioether (sulfide) groups is 1. The molecule has 0 N–H and O–H groups in total. The minimum Gasteiger partial charge on any atom is -0.544 e. The van der Waals surface area contributed by atoms with Gasteiger partial charge in [-0.25, -0.2) is 0 Å². The zero-order valence-electron chi connectivity index (χ0n) is 21.9. The number of benzene rings is 2. The second kappa shape index (κ2) is 9.28. The van der Waals surface area contributed by atoms with Crippen LogP contribution in [0.1, 0.15) is 58.2 Å². The van der Waals surface area contributed by atoms with Crippen LogP contribution in [0.5, 0.6) is 5.75 Å². The third-order valence-corrected chi connectivity index (χ3v) is 7.39. The summed E-state index contributed by atoms with van der Waals surface area (Å²) in [5, 5.41) is 9.33. The number of hydrogen-bond donors (Lipinski definition) is 0. The summed E-state index contributed by atoms with van der Waals surface area (Å²) in [5.41, 5.74) is 3.80. The number of anilines is 1. The lowest BCUT2D eigenvalue weighted by Gasteiger charge is -2.34. The zero-order valence-corrected chi connectivity index (χ0v) is 23.7. The summed E-state index contributed by atoms with van der Waals surface area (Å²) in [6.07, 6.45) is 1.97. The van der Waals surface area contributed by atoms with Gasteiger partial charge in [0.25, 0.3) is 5.91 Å². The second-order valence-electron chi connectivity index (χ2n) is 11.8. The van der Waals surface area contributed by atoms with Gasteiger partial charge in [-0.3, -0.25) is 9.69 Å². The fourth-order valence-corrected chi connectivity index (χ4v) is 5.80. The standard InChI is InChI=1S/C28H36N2O2SSi/c1-27(2,3)20-16-19(17-21(28(4,5)6)25(20)32-34(7,8)9)18-24-26(31)30(15-14-29)22-12-10-11-13-23(22)33-24/h10-13,16-18H,15H2,1-9H3/b24-18-. The van der Waals surface area contributed by atoms with Crippen LogP contribution in [0.3, 0.4) is 0 Å². The monoisotopic (exact) mass is 492 g/mol. The minimum atomic E-state index is -1.86. The van der Waals surface area contributed by atoms with Crippen LogP contribution in [0, 0.1) is 11.3 Å². The molecule has 0 atom stereocenters. The van der Waals surface area contributed by atoms with Crippen LogP contribution < -0.4 is 9.33 Å². The molecular formula is C28H36N2O2SSi. The Labute approximate surface area is 210 Å². The quantitative estimate of drug-likeness (QED) is 0.252. The molecule has 0 bridgehead atoms. The number of hydrogen-bond acceptors (Lipinski definition) is 4. The van der Waals surface area contributed by atoms with Crippen LogP contribution >= 0.6 is 11.8 Å². The van der Waals surface area contributed by atoms with Crippen molar-refractivity contribution in [1.82, 2.24) is 0 Å². The number of nitrogens with zero attached hydrogens (tertiary/aromatic N) is 2. The highest BCUT2D eigenvalue weighted by Crippen LogP contribution is 2.45. The Kier molecular flexibility index (Phi) is 7.13. The summed E-state index contributed by atoms with van der Waals surface area (Å²) < 4.78 is 6.68. The molecule has 0 spiro atoms. The van der Waals surface area contributed by atoms with Gasteiger partial charge in [-0.2, -0.15) is 5.26 Å². The number of amides is 1. The van der Waals surface area contributed by atoms with E-state index in [0.717, 1.165) is 33.0 Å². The molecule has 2 aromatic rings. The Morgan fingerprint density at radius 1 is 1.03 bits per heavy atom. The fraction of sp³-hybridized carbons (Fsp3) is 0.429. The van der Waals surface area contributed by atoms with Gasteiger partial charge in [0.1, 0.15) is 12.3 Å². The van der Waals surface area contributed by atoms with Crippen LogP contribution in [-0.2, 0) is 15.6 Å². The van der Waals surface area contributed by atoms with E-state index in [1.807, 2.05) is 30.3 Å². The number of carbonyl (C=O) groups excluding carboxylic acids is 1. The highest BCUT2D eigenvalue weighted by atomic mass is 32.2. The highest BCUT2D eigenvalue weighted by molar-refractivity contribution is 8.04. The summed E-state index contributed by atoms with van der Waals surface area (Å²) in [6.45, 7) is 19.9. The lowest BCUT2D eigenvalue weighted by molar-refractivity contribution is -0.114. The average molecular weight is 493 g/mol. The molecule has 0 unspecified atom stereocenters.